The van der Waals surface area contributed by atoms with Crippen LogP contribution in [-0.2, 0) is 0 Å². The second kappa shape index (κ2) is 7.16. The molecule has 4 rings (SSSR count). The molecule has 0 aliphatic rings. The molecule has 2 N–H and O–H groups in total. The van der Waals surface area contributed by atoms with Crippen LogP contribution in [0.5, 0.6) is 0 Å². The van der Waals surface area contributed by atoms with E-state index in [1.165, 1.54) is 0 Å². The van der Waals surface area contributed by atoms with Gasteiger partial charge in [-0.15, -0.1) is 0 Å². The molecule has 0 spiro atoms. The molecular formula is C24H20N2. The van der Waals surface area contributed by atoms with Gasteiger partial charge in [-0.2, -0.15) is 0 Å². The summed E-state index contributed by atoms with van der Waals surface area (Å²) in [6, 6.07) is 37.4. The minimum Gasteiger partial charge on any atom is -0.399 e. The maximum atomic E-state index is 5.92. The number of anilines is 4. The molecule has 126 valence electrons. The van der Waals surface area contributed by atoms with Crippen molar-refractivity contribution in [3.8, 4) is 11.1 Å². The minimum atomic E-state index is 0.779. The zero-order valence-corrected chi connectivity index (χ0v) is 14.4. The van der Waals surface area contributed by atoms with Crippen molar-refractivity contribution < 1.29 is 0 Å². The Balaban J connectivity index is 1.75. The number of nitrogens with two attached hydrogens (primary N) is 1. The first-order valence-electron chi connectivity index (χ1n) is 8.67. The molecule has 0 saturated carbocycles. The van der Waals surface area contributed by atoms with Crippen LogP contribution in [0.15, 0.2) is 109 Å². The molecule has 0 saturated heterocycles. The highest BCUT2D eigenvalue weighted by Crippen LogP contribution is 2.35. The van der Waals surface area contributed by atoms with Crippen molar-refractivity contribution in [1.82, 2.24) is 0 Å². The van der Waals surface area contributed by atoms with Crippen molar-refractivity contribution in [2.24, 2.45) is 0 Å². The predicted molar refractivity (Wildman–Crippen MR) is 111 cm³/mol. The lowest BCUT2D eigenvalue weighted by Gasteiger charge is -2.25. The molecule has 0 radical (unpaired) electrons. The van der Waals surface area contributed by atoms with E-state index in [0.717, 1.165) is 33.9 Å². The fourth-order valence-corrected chi connectivity index (χ4v) is 3.12. The summed E-state index contributed by atoms with van der Waals surface area (Å²) in [5, 5.41) is 0. The quantitative estimate of drug-likeness (QED) is 0.437. The van der Waals surface area contributed by atoms with Gasteiger partial charge in [-0.1, -0.05) is 60.7 Å². The van der Waals surface area contributed by atoms with Crippen LogP contribution in [0.3, 0.4) is 0 Å². The molecule has 0 bridgehead atoms. The Hall–Kier alpha value is -3.52. The van der Waals surface area contributed by atoms with Gasteiger partial charge in [0, 0.05) is 22.7 Å². The van der Waals surface area contributed by atoms with E-state index in [1.807, 2.05) is 30.3 Å². The van der Waals surface area contributed by atoms with E-state index in [4.69, 9.17) is 5.73 Å². The van der Waals surface area contributed by atoms with Crippen LogP contribution in [0.1, 0.15) is 0 Å². The van der Waals surface area contributed by atoms with E-state index in [1.54, 1.807) is 0 Å². The molecule has 0 aliphatic heterocycles. The fourth-order valence-electron chi connectivity index (χ4n) is 3.12. The third-order valence-corrected chi connectivity index (χ3v) is 4.37. The summed E-state index contributed by atoms with van der Waals surface area (Å²) < 4.78 is 0. The fraction of sp³-hybridized carbons (Fsp3) is 0. The van der Waals surface area contributed by atoms with Gasteiger partial charge in [-0.3, -0.25) is 0 Å². The van der Waals surface area contributed by atoms with Crippen molar-refractivity contribution >= 4 is 22.7 Å². The van der Waals surface area contributed by atoms with E-state index in [9.17, 15) is 0 Å². The summed E-state index contributed by atoms with van der Waals surface area (Å²) >= 11 is 0. The first-order valence-corrected chi connectivity index (χ1v) is 8.67. The lowest BCUT2D eigenvalue weighted by Crippen LogP contribution is -2.09. The standard InChI is InChI=1S/C24H20N2/c25-21-9-7-8-20(18-21)19-14-16-24(17-15-19)26(22-10-3-1-4-11-22)23-12-5-2-6-13-23/h1-18H,25H2. The first-order chi connectivity index (χ1) is 12.8. The molecule has 0 fully saturated rings. The van der Waals surface area contributed by atoms with Crippen LogP contribution >= 0.6 is 0 Å². The third kappa shape index (κ3) is 3.31. The van der Waals surface area contributed by atoms with E-state index in [-0.39, 0.29) is 0 Å². The molecule has 0 unspecified atom stereocenters. The number of hydrogen-bond acceptors (Lipinski definition) is 2. The SMILES string of the molecule is Nc1cccc(-c2ccc(N(c3ccccc3)c3ccccc3)cc2)c1. The van der Waals surface area contributed by atoms with Crippen LogP contribution in [0.25, 0.3) is 11.1 Å². The van der Waals surface area contributed by atoms with Crippen molar-refractivity contribution in [3.63, 3.8) is 0 Å². The summed E-state index contributed by atoms with van der Waals surface area (Å²) in [5.41, 5.74) is 12.4. The van der Waals surface area contributed by atoms with Crippen LogP contribution in [0, 0.1) is 0 Å². The van der Waals surface area contributed by atoms with E-state index < -0.39 is 0 Å². The van der Waals surface area contributed by atoms with Crippen molar-refractivity contribution in [1.29, 1.82) is 0 Å². The van der Waals surface area contributed by atoms with E-state index in [0.29, 0.717) is 0 Å². The monoisotopic (exact) mass is 336 g/mol. The normalized spacial score (nSPS) is 10.5. The van der Waals surface area contributed by atoms with Crippen molar-refractivity contribution in [2.75, 3.05) is 10.6 Å². The van der Waals surface area contributed by atoms with Gasteiger partial charge in [-0.25, -0.2) is 0 Å². The number of nitrogen functional groups attached to an aromatic ring is 1. The predicted octanol–water partition coefficient (Wildman–Crippen LogP) is 6.41. The number of rotatable bonds is 4. The molecule has 4 aromatic rings. The molecular weight excluding hydrogens is 316 g/mol. The molecule has 2 heteroatoms. The molecule has 2 nitrogen and oxygen atoms in total. The second-order valence-electron chi connectivity index (χ2n) is 6.18. The third-order valence-electron chi connectivity index (χ3n) is 4.37. The molecule has 0 amide bonds. The Kier molecular flexibility index (Phi) is 4.40. The largest absolute Gasteiger partial charge is 0.399 e. The minimum absolute atomic E-state index is 0.779. The van der Waals surface area contributed by atoms with Gasteiger partial charge in [0.2, 0.25) is 0 Å². The summed E-state index contributed by atoms with van der Waals surface area (Å²) in [6.07, 6.45) is 0. The molecule has 0 aromatic heterocycles. The lowest BCUT2D eigenvalue weighted by molar-refractivity contribution is 1.28. The van der Waals surface area contributed by atoms with Crippen molar-refractivity contribution in [2.45, 2.75) is 0 Å². The highest BCUT2D eigenvalue weighted by Gasteiger charge is 2.11. The van der Waals surface area contributed by atoms with Gasteiger partial charge >= 0.3 is 0 Å². The van der Waals surface area contributed by atoms with Crippen LogP contribution in [0.2, 0.25) is 0 Å². The maximum absolute atomic E-state index is 5.92. The number of benzene rings is 4. The Morgan fingerprint density at radius 2 is 1.00 bits per heavy atom. The lowest BCUT2D eigenvalue weighted by atomic mass is 10.0. The highest BCUT2D eigenvalue weighted by molar-refractivity contribution is 5.78. The average Bonchev–Trinajstić information content (AvgIpc) is 2.70. The second-order valence-corrected chi connectivity index (χ2v) is 6.18. The van der Waals surface area contributed by atoms with Crippen molar-refractivity contribution in [3.05, 3.63) is 109 Å². The zero-order chi connectivity index (χ0) is 17.8. The molecule has 4 aromatic carbocycles. The molecule has 0 aliphatic carbocycles. The smallest absolute Gasteiger partial charge is 0.0462 e. The van der Waals surface area contributed by atoms with Gasteiger partial charge in [0.1, 0.15) is 0 Å². The highest BCUT2D eigenvalue weighted by atomic mass is 15.1. The summed E-state index contributed by atoms with van der Waals surface area (Å²) in [6.45, 7) is 0. The Morgan fingerprint density at radius 3 is 1.54 bits per heavy atom. The van der Waals surface area contributed by atoms with Crippen LogP contribution in [-0.4, -0.2) is 0 Å². The first kappa shape index (κ1) is 16.0. The average molecular weight is 336 g/mol. The zero-order valence-electron chi connectivity index (χ0n) is 14.4. The number of para-hydroxylation sites is 2. The van der Waals surface area contributed by atoms with E-state index in [2.05, 4.69) is 83.8 Å². The van der Waals surface area contributed by atoms with Gasteiger partial charge in [0.05, 0.1) is 0 Å². The van der Waals surface area contributed by atoms with Crippen LogP contribution < -0.4 is 10.6 Å². The number of nitrogens with zero attached hydrogens (tertiary/aromatic N) is 1. The van der Waals surface area contributed by atoms with Crippen LogP contribution in [0.4, 0.5) is 22.7 Å². The molecule has 26 heavy (non-hydrogen) atoms. The van der Waals surface area contributed by atoms with Gasteiger partial charge in [-0.05, 0) is 59.7 Å². The number of hydrogen-bond donors (Lipinski definition) is 1. The van der Waals surface area contributed by atoms with Gasteiger partial charge < -0.3 is 10.6 Å². The Bertz CT molecular complexity index is 938. The topological polar surface area (TPSA) is 29.3 Å². The van der Waals surface area contributed by atoms with E-state index >= 15 is 0 Å². The van der Waals surface area contributed by atoms with Gasteiger partial charge in [0.25, 0.3) is 0 Å². The molecule has 0 atom stereocenters. The summed E-state index contributed by atoms with van der Waals surface area (Å²) in [5.74, 6) is 0. The molecule has 0 heterocycles. The maximum Gasteiger partial charge on any atom is 0.0462 e. The Morgan fingerprint density at radius 1 is 0.462 bits per heavy atom. The Labute approximate surface area is 154 Å². The van der Waals surface area contributed by atoms with Gasteiger partial charge in [0.15, 0.2) is 0 Å². The summed E-state index contributed by atoms with van der Waals surface area (Å²) in [7, 11) is 0. The summed E-state index contributed by atoms with van der Waals surface area (Å²) in [4.78, 5) is 2.25.